The fraction of sp³-hybridized carbons (Fsp3) is 0.933. The van der Waals surface area contributed by atoms with Gasteiger partial charge in [-0.15, -0.1) is 0 Å². The Hall–Kier alpha value is -0.610. The number of carbonyl (C=O) groups is 1. The number of amides is 1. The van der Waals surface area contributed by atoms with Crippen LogP contribution in [0.15, 0.2) is 0 Å². The second-order valence-electron chi connectivity index (χ2n) is 6.23. The molecule has 110 valence electrons. The fourth-order valence-corrected chi connectivity index (χ4v) is 3.67. The van der Waals surface area contributed by atoms with Crippen LogP contribution in [0.1, 0.15) is 64.2 Å². The highest BCUT2D eigenvalue weighted by Gasteiger charge is 2.42. The van der Waals surface area contributed by atoms with Gasteiger partial charge in [0, 0.05) is 19.6 Å². The monoisotopic (exact) mass is 268 g/mol. The third kappa shape index (κ3) is 3.69. The molecule has 2 unspecified atom stereocenters. The lowest BCUT2D eigenvalue weighted by Gasteiger charge is -2.41. The number of carbonyl (C=O) groups excluding carboxylic acids is 1. The first-order valence-electron chi connectivity index (χ1n) is 7.77. The van der Waals surface area contributed by atoms with Crippen LogP contribution in [-0.4, -0.2) is 30.7 Å². The lowest BCUT2D eigenvalue weighted by Crippen LogP contribution is -2.61. The maximum absolute atomic E-state index is 12.0. The zero-order valence-electron chi connectivity index (χ0n) is 12.1. The highest BCUT2D eigenvalue weighted by molar-refractivity contribution is 5.85. The fourth-order valence-electron chi connectivity index (χ4n) is 3.67. The van der Waals surface area contributed by atoms with E-state index in [0.717, 1.165) is 25.7 Å². The van der Waals surface area contributed by atoms with Gasteiger partial charge in [-0.05, 0) is 32.1 Å². The van der Waals surface area contributed by atoms with Gasteiger partial charge >= 0.3 is 0 Å². The number of primary amides is 1. The summed E-state index contributed by atoms with van der Waals surface area (Å²) in [6.45, 7) is 0. The van der Waals surface area contributed by atoms with E-state index in [-0.39, 0.29) is 12.0 Å². The molecule has 2 atom stereocenters. The summed E-state index contributed by atoms with van der Waals surface area (Å²) in [5.41, 5.74) is 5.18. The standard InChI is InChI=1S/C15H28N2O2/c1-19-13-9-6-10-15(11-13,14(16)18)17-12-7-4-2-3-5-8-12/h12-13,17H,2-11H2,1H3,(H2,16,18). The van der Waals surface area contributed by atoms with Crippen LogP contribution in [0.4, 0.5) is 0 Å². The summed E-state index contributed by atoms with van der Waals surface area (Å²) in [6.07, 6.45) is 11.3. The van der Waals surface area contributed by atoms with Crippen molar-refractivity contribution in [3.63, 3.8) is 0 Å². The average Bonchev–Trinajstić information content (AvgIpc) is 2.67. The van der Waals surface area contributed by atoms with E-state index in [2.05, 4.69) is 5.32 Å². The Morgan fingerprint density at radius 2 is 1.84 bits per heavy atom. The molecule has 3 N–H and O–H groups in total. The van der Waals surface area contributed by atoms with Crippen molar-refractivity contribution in [3.8, 4) is 0 Å². The molecule has 2 rings (SSSR count). The van der Waals surface area contributed by atoms with E-state index in [0.29, 0.717) is 6.04 Å². The van der Waals surface area contributed by atoms with Gasteiger partial charge in [-0.25, -0.2) is 0 Å². The zero-order valence-corrected chi connectivity index (χ0v) is 12.1. The molecule has 4 heteroatoms. The van der Waals surface area contributed by atoms with Gasteiger partial charge in [-0.1, -0.05) is 25.7 Å². The molecule has 2 aliphatic carbocycles. The lowest BCUT2D eigenvalue weighted by molar-refractivity contribution is -0.128. The first kappa shape index (κ1) is 14.8. The van der Waals surface area contributed by atoms with Crippen molar-refractivity contribution < 1.29 is 9.53 Å². The Balaban J connectivity index is 2.03. The molecule has 19 heavy (non-hydrogen) atoms. The number of hydrogen-bond donors (Lipinski definition) is 2. The third-order valence-corrected chi connectivity index (χ3v) is 4.85. The number of rotatable bonds is 4. The SMILES string of the molecule is COC1CCCC(NC2CCCCCC2)(C(N)=O)C1. The summed E-state index contributed by atoms with van der Waals surface area (Å²) in [5.74, 6) is -0.196. The topological polar surface area (TPSA) is 64.3 Å². The molecule has 0 aromatic rings. The maximum atomic E-state index is 12.0. The molecule has 0 aromatic heterocycles. The van der Waals surface area contributed by atoms with Crippen molar-refractivity contribution in [1.82, 2.24) is 5.32 Å². The Morgan fingerprint density at radius 1 is 1.16 bits per heavy atom. The number of methoxy groups -OCH3 is 1. The van der Waals surface area contributed by atoms with Crippen molar-refractivity contribution in [2.75, 3.05) is 7.11 Å². The minimum atomic E-state index is -0.534. The quantitative estimate of drug-likeness (QED) is 0.768. The first-order valence-corrected chi connectivity index (χ1v) is 7.77. The van der Waals surface area contributed by atoms with Crippen molar-refractivity contribution >= 4 is 5.91 Å². The van der Waals surface area contributed by atoms with Gasteiger partial charge in [0.2, 0.25) is 5.91 Å². The molecule has 4 nitrogen and oxygen atoms in total. The molecule has 0 spiro atoms. The van der Waals surface area contributed by atoms with Crippen LogP contribution in [0.3, 0.4) is 0 Å². The Bertz CT molecular complexity index is 301. The molecule has 0 radical (unpaired) electrons. The molecular formula is C15H28N2O2. The first-order chi connectivity index (χ1) is 9.16. The summed E-state index contributed by atoms with van der Waals surface area (Å²) in [7, 11) is 1.73. The van der Waals surface area contributed by atoms with Crippen molar-refractivity contribution in [2.24, 2.45) is 5.73 Å². The summed E-state index contributed by atoms with van der Waals surface area (Å²) in [6, 6.07) is 0.450. The van der Waals surface area contributed by atoms with Crippen LogP contribution in [0.5, 0.6) is 0 Å². The van der Waals surface area contributed by atoms with E-state index in [9.17, 15) is 4.79 Å². The summed E-state index contributed by atoms with van der Waals surface area (Å²) >= 11 is 0. The summed E-state index contributed by atoms with van der Waals surface area (Å²) in [5, 5.41) is 3.62. The van der Waals surface area contributed by atoms with Gasteiger partial charge in [0.15, 0.2) is 0 Å². The van der Waals surface area contributed by atoms with Crippen LogP contribution in [-0.2, 0) is 9.53 Å². The smallest absolute Gasteiger partial charge is 0.237 e. The molecule has 0 aromatic carbocycles. The molecule has 0 bridgehead atoms. The lowest BCUT2D eigenvalue weighted by atomic mass is 9.78. The number of ether oxygens (including phenoxy) is 1. The van der Waals surface area contributed by atoms with Gasteiger partial charge in [-0.2, -0.15) is 0 Å². The van der Waals surface area contributed by atoms with Crippen molar-refractivity contribution in [1.29, 1.82) is 0 Å². The van der Waals surface area contributed by atoms with Gasteiger partial charge in [0.05, 0.1) is 6.10 Å². The van der Waals surface area contributed by atoms with E-state index >= 15 is 0 Å². The Morgan fingerprint density at radius 3 is 2.42 bits per heavy atom. The van der Waals surface area contributed by atoms with E-state index < -0.39 is 5.54 Å². The average molecular weight is 268 g/mol. The predicted octanol–water partition coefficient (Wildman–Crippen LogP) is 2.11. The van der Waals surface area contributed by atoms with Crippen LogP contribution >= 0.6 is 0 Å². The van der Waals surface area contributed by atoms with Crippen molar-refractivity contribution in [3.05, 3.63) is 0 Å². The minimum Gasteiger partial charge on any atom is -0.381 e. The molecule has 0 aliphatic heterocycles. The number of nitrogens with one attached hydrogen (secondary N) is 1. The van der Waals surface area contributed by atoms with E-state index in [1.165, 1.54) is 38.5 Å². The Labute approximate surface area is 116 Å². The number of nitrogens with two attached hydrogens (primary N) is 1. The molecule has 1 amide bonds. The maximum Gasteiger partial charge on any atom is 0.237 e. The second-order valence-corrected chi connectivity index (χ2v) is 6.23. The van der Waals surface area contributed by atoms with Gasteiger partial charge < -0.3 is 15.8 Å². The van der Waals surface area contributed by atoms with E-state index in [1.807, 2.05) is 0 Å². The molecule has 0 heterocycles. The van der Waals surface area contributed by atoms with Gasteiger partial charge in [0.25, 0.3) is 0 Å². The van der Waals surface area contributed by atoms with E-state index in [4.69, 9.17) is 10.5 Å². The summed E-state index contributed by atoms with van der Waals surface area (Å²) in [4.78, 5) is 12.0. The van der Waals surface area contributed by atoms with Gasteiger partial charge in [0.1, 0.15) is 5.54 Å². The normalized spacial score (nSPS) is 33.8. The van der Waals surface area contributed by atoms with Crippen molar-refractivity contribution in [2.45, 2.75) is 81.9 Å². The minimum absolute atomic E-state index is 0.166. The molecule has 0 saturated heterocycles. The molecular weight excluding hydrogens is 240 g/mol. The third-order valence-electron chi connectivity index (χ3n) is 4.85. The molecule has 2 saturated carbocycles. The zero-order chi connectivity index (χ0) is 13.7. The predicted molar refractivity (Wildman–Crippen MR) is 75.8 cm³/mol. The largest absolute Gasteiger partial charge is 0.381 e. The van der Waals surface area contributed by atoms with E-state index in [1.54, 1.807) is 7.11 Å². The highest BCUT2D eigenvalue weighted by Crippen LogP contribution is 2.32. The summed E-state index contributed by atoms with van der Waals surface area (Å²) < 4.78 is 5.46. The van der Waals surface area contributed by atoms with Crippen LogP contribution in [0.25, 0.3) is 0 Å². The van der Waals surface area contributed by atoms with Gasteiger partial charge in [-0.3, -0.25) is 4.79 Å². The van der Waals surface area contributed by atoms with Crippen LogP contribution in [0.2, 0.25) is 0 Å². The highest BCUT2D eigenvalue weighted by atomic mass is 16.5. The molecule has 2 fully saturated rings. The Kier molecular flexibility index (Phi) is 5.22. The van der Waals surface area contributed by atoms with Crippen LogP contribution < -0.4 is 11.1 Å². The van der Waals surface area contributed by atoms with Crippen LogP contribution in [0, 0.1) is 0 Å². The second kappa shape index (κ2) is 6.71. The molecule has 2 aliphatic rings. The number of hydrogen-bond acceptors (Lipinski definition) is 3.